The number of carbonyl (C=O) groups excluding carboxylic acids is 1. The molecular weight excluding hydrogens is 216 g/mol. The van der Waals surface area contributed by atoms with Crippen LogP contribution in [0.5, 0.6) is 0 Å². The van der Waals surface area contributed by atoms with Crippen LogP contribution >= 0.6 is 0 Å². The predicted octanol–water partition coefficient (Wildman–Crippen LogP) is 3.26. The van der Waals surface area contributed by atoms with Crippen molar-refractivity contribution in [1.82, 2.24) is 0 Å². The van der Waals surface area contributed by atoms with E-state index in [1.807, 2.05) is 38.1 Å². The van der Waals surface area contributed by atoms with Crippen LogP contribution in [0.15, 0.2) is 34.4 Å². The van der Waals surface area contributed by atoms with Gasteiger partial charge in [-0.1, -0.05) is 29.4 Å². The van der Waals surface area contributed by atoms with Crippen LogP contribution < -0.4 is 0 Å². The molecule has 0 saturated heterocycles. The lowest BCUT2D eigenvalue weighted by Gasteiger charge is -2.22. The molecule has 0 aliphatic rings. The number of benzene rings is 1. The average Bonchev–Trinajstić information content (AvgIpc) is 2.29. The van der Waals surface area contributed by atoms with Gasteiger partial charge in [-0.3, -0.25) is 0 Å². The lowest BCUT2D eigenvalue weighted by Crippen LogP contribution is -2.17. The zero-order valence-electron chi connectivity index (χ0n) is 10.5. The molecule has 0 bridgehead atoms. The Hall–Kier alpha value is -1.80. The molecule has 0 N–H and O–H groups in total. The monoisotopic (exact) mass is 232 g/mol. The molecule has 0 aromatic heterocycles. The fraction of sp³-hybridized carbons (Fsp3) is 0.462. The molecule has 0 radical (unpaired) electrons. The molecule has 0 saturated carbocycles. The van der Waals surface area contributed by atoms with Gasteiger partial charge in [0.2, 0.25) is 6.08 Å². The van der Waals surface area contributed by atoms with Gasteiger partial charge in [-0.05, 0) is 38.8 Å². The number of hydrogen-bond donors (Lipinski definition) is 0. The first-order valence-corrected chi connectivity index (χ1v) is 5.38. The number of rotatable bonds is 4. The first kappa shape index (κ1) is 13.3. The Morgan fingerprint density at radius 2 is 1.59 bits per heavy atom. The molecule has 1 aromatic rings. The van der Waals surface area contributed by atoms with E-state index in [2.05, 4.69) is 10.2 Å². The second-order valence-corrected chi connectivity index (χ2v) is 4.99. The van der Waals surface area contributed by atoms with Crippen molar-refractivity contribution in [3.63, 3.8) is 0 Å². The van der Waals surface area contributed by atoms with E-state index >= 15 is 0 Å². The van der Waals surface area contributed by atoms with Gasteiger partial charge in [-0.25, -0.2) is 4.79 Å². The van der Waals surface area contributed by atoms with Crippen LogP contribution in [-0.2, 0) is 15.9 Å². The summed E-state index contributed by atoms with van der Waals surface area (Å²) in [6, 6.07) is 7.39. The van der Waals surface area contributed by atoms with E-state index in [0.29, 0.717) is 0 Å². The second kappa shape index (κ2) is 4.60. The van der Waals surface area contributed by atoms with Crippen LogP contribution in [0.25, 0.3) is 0 Å². The van der Waals surface area contributed by atoms with Gasteiger partial charge < -0.3 is 0 Å². The highest BCUT2D eigenvalue weighted by Gasteiger charge is 2.25. The fourth-order valence-corrected chi connectivity index (χ4v) is 1.51. The zero-order valence-corrected chi connectivity index (χ0v) is 10.5. The normalized spacial score (nSPS) is 11.8. The summed E-state index contributed by atoms with van der Waals surface area (Å²) in [5, 5.41) is 3.10. The highest BCUT2D eigenvalue weighted by molar-refractivity contribution is 5.39. The minimum Gasteiger partial charge on any atom is -0.211 e. The van der Waals surface area contributed by atoms with E-state index in [9.17, 15) is 9.70 Å². The van der Waals surface area contributed by atoms with Crippen molar-refractivity contribution in [3.05, 3.63) is 40.3 Å². The molecule has 0 unspecified atom stereocenters. The molecular formula is C13H16N2O2. The summed E-state index contributed by atoms with van der Waals surface area (Å²) < 4.78 is 0. The molecule has 4 nitrogen and oxygen atoms in total. The number of nitrogens with zero attached hydrogens (tertiary/aromatic N) is 2. The Morgan fingerprint density at radius 3 is 2.06 bits per heavy atom. The van der Waals surface area contributed by atoms with Crippen molar-refractivity contribution < 1.29 is 4.79 Å². The van der Waals surface area contributed by atoms with Gasteiger partial charge in [0.25, 0.3) is 0 Å². The topological polar surface area (TPSA) is 58.9 Å². The van der Waals surface area contributed by atoms with Gasteiger partial charge >= 0.3 is 0 Å². The average molecular weight is 232 g/mol. The molecule has 1 rings (SSSR count). The third-order valence-electron chi connectivity index (χ3n) is 2.83. The van der Waals surface area contributed by atoms with Crippen LogP contribution in [0.3, 0.4) is 0 Å². The molecule has 0 heterocycles. The summed E-state index contributed by atoms with van der Waals surface area (Å²) in [5.74, 6) is 0. The maximum absolute atomic E-state index is 10.8. The van der Waals surface area contributed by atoms with Crippen molar-refractivity contribution in [3.8, 4) is 0 Å². The Kier molecular flexibility index (Phi) is 3.59. The van der Waals surface area contributed by atoms with Gasteiger partial charge in [-0.2, -0.15) is 4.99 Å². The zero-order chi connectivity index (χ0) is 13.1. The maximum Gasteiger partial charge on any atom is 0.235 e. The molecule has 90 valence electrons. The minimum absolute atomic E-state index is 0.642. The first-order chi connectivity index (χ1) is 7.83. The Labute approximate surface area is 101 Å². The van der Waals surface area contributed by atoms with Crippen LogP contribution in [0, 0.1) is 4.91 Å². The predicted molar refractivity (Wildman–Crippen MR) is 66.4 cm³/mol. The van der Waals surface area contributed by atoms with Crippen LogP contribution in [0.2, 0.25) is 0 Å². The molecule has 0 aliphatic carbocycles. The Bertz CT molecular complexity index is 472. The highest BCUT2D eigenvalue weighted by atomic mass is 16.3. The van der Waals surface area contributed by atoms with Crippen LogP contribution in [0.4, 0.5) is 0 Å². The number of hydrogen-bond acceptors (Lipinski definition) is 4. The summed E-state index contributed by atoms with van der Waals surface area (Å²) in [6.45, 7) is 7.13. The van der Waals surface area contributed by atoms with E-state index in [1.165, 1.54) is 0 Å². The lowest BCUT2D eigenvalue weighted by molar-refractivity contribution is 0.517. The van der Waals surface area contributed by atoms with Crippen molar-refractivity contribution in [1.29, 1.82) is 0 Å². The molecule has 0 spiro atoms. The van der Waals surface area contributed by atoms with Gasteiger partial charge in [-0.15, -0.1) is 4.91 Å². The van der Waals surface area contributed by atoms with Crippen LogP contribution in [-0.4, -0.2) is 6.08 Å². The summed E-state index contributed by atoms with van der Waals surface area (Å²) in [4.78, 5) is 24.9. The smallest absolute Gasteiger partial charge is 0.211 e. The Morgan fingerprint density at radius 1 is 1.06 bits per heavy atom. The number of isocyanates is 1. The SMILES string of the molecule is CC(C)(N=O)c1cccc(C(C)(C)N=C=O)c1. The van der Waals surface area contributed by atoms with E-state index in [1.54, 1.807) is 19.9 Å². The van der Waals surface area contributed by atoms with E-state index in [0.717, 1.165) is 11.1 Å². The molecule has 4 heteroatoms. The van der Waals surface area contributed by atoms with Crippen molar-refractivity contribution in [2.24, 2.45) is 10.2 Å². The minimum atomic E-state index is -0.781. The maximum atomic E-state index is 10.8. The molecule has 0 aliphatic heterocycles. The standard InChI is InChI=1S/C13H16N2O2/c1-12(2,14-9-16)10-6-5-7-11(8-10)13(3,4)15-17/h5-8H,1-4H3. The summed E-state index contributed by atoms with van der Waals surface area (Å²) >= 11 is 0. The fourth-order valence-electron chi connectivity index (χ4n) is 1.51. The third-order valence-corrected chi connectivity index (χ3v) is 2.83. The first-order valence-electron chi connectivity index (χ1n) is 5.38. The molecule has 0 amide bonds. The van der Waals surface area contributed by atoms with Gasteiger partial charge in [0.15, 0.2) is 0 Å². The van der Waals surface area contributed by atoms with Crippen molar-refractivity contribution >= 4 is 6.08 Å². The van der Waals surface area contributed by atoms with Gasteiger partial charge in [0, 0.05) is 0 Å². The molecule has 0 atom stereocenters. The van der Waals surface area contributed by atoms with Crippen molar-refractivity contribution in [2.75, 3.05) is 0 Å². The second-order valence-electron chi connectivity index (χ2n) is 4.99. The highest BCUT2D eigenvalue weighted by Crippen LogP contribution is 2.30. The molecule has 0 fully saturated rings. The third kappa shape index (κ3) is 2.86. The van der Waals surface area contributed by atoms with E-state index in [-0.39, 0.29) is 0 Å². The van der Waals surface area contributed by atoms with Crippen molar-refractivity contribution in [2.45, 2.75) is 38.8 Å². The number of nitroso groups, excluding NO2 is 1. The number of aliphatic imine (C=N–C) groups is 1. The van der Waals surface area contributed by atoms with Gasteiger partial charge in [0.1, 0.15) is 5.54 Å². The van der Waals surface area contributed by atoms with Gasteiger partial charge in [0.05, 0.1) is 5.54 Å². The van der Waals surface area contributed by atoms with E-state index < -0.39 is 11.1 Å². The lowest BCUT2D eigenvalue weighted by atomic mass is 9.88. The summed E-state index contributed by atoms with van der Waals surface area (Å²) in [5.41, 5.74) is 0.238. The quantitative estimate of drug-likeness (QED) is 0.454. The van der Waals surface area contributed by atoms with E-state index in [4.69, 9.17) is 0 Å². The molecule has 1 aromatic carbocycles. The summed E-state index contributed by atoms with van der Waals surface area (Å²) in [7, 11) is 0. The van der Waals surface area contributed by atoms with Crippen LogP contribution in [0.1, 0.15) is 38.8 Å². The Balaban J connectivity index is 3.27. The largest absolute Gasteiger partial charge is 0.235 e. The molecule has 17 heavy (non-hydrogen) atoms. The summed E-state index contributed by atoms with van der Waals surface area (Å²) in [6.07, 6.45) is 1.57.